The number of carbonyl (C=O) groups excluding carboxylic acids is 2. The Labute approximate surface area is 137 Å². The average Bonchev–Trinajstić information content (AvgIpc) is 2.52. The zero-order valence-electron chi connectivity index (χ0n) is 14.3. The molecule has 0 saturated heterocycles. The largest absolute Gasteiger partial charge is 0.466 e. The van der Waals surface area contributed by atoms with Crippen molar-refractivity contribution >= 4 is 12.1 Å². The third kappa shape index (κ3) is 4.58. The van der Waals surface area contributed by atoms with Crippen molar-refractivity contribution < 1.29 is 19.1 Å². The van der Waals surface area contributed by atoms with Crippen molar-refractivity contribution in [1.82, 2.24) is 10.2 Å². The van der Waals surface area contributed by atoms with Gasteiger partial charge in [-0.2, -0.15) is 0 Å². The molecule has 1 amide bonds. The molecule has 0 radical (unpaired) electrons. The molecule has 0 bridgehead atoms. The molecule has 0 fully saturated rings. The molecule has 2 heterocycles. The fourth-order valence-electron chi connectivity index (χ4n) is 2.89. The van der Waals surface area contributed by atoms with Crippen molar-refractivity contribution in [1.29, 1.82) is 0 Å². The van der Waals surface area contributed by atoms with E-state index in [1.165, 1.54) is 7.11 Å². The number of hydrogen-bond donors (Lipinski definition) is 1. The highest BCUT2D eigenvalue weighted by atomic mass is 16.6. The van der Waals surface area contributed by atoms with Gasteiger partial charge in [-0.25, -0.2) is 9.59 Å². The summed E-state index contributed by atoms with van der Waals surface area (Å²) in [4.78, 5) is 26.0. The second kappa shape index (κ2) is 7.17. The molecule has 2 rings (SSSR count). The zero-order valence-corrected chi connectivity index (χ0v) is 14.3. The number of nitrogens with one attached hydrogen (secondary N) is 1. The maximum absolute atomic E-state index is 12.5. The summed E-state index contributed by atoms with van der Waals surface area (Å²) >= 11 is 0. The lowest BCUT2D eigenvalue weighted by Gasteiger charge is -2.39. The van der Waals surface area contributed by atoms with Crippen LogP contribution in [-0.2, 0) is 14.3 Å². The van der Waals surface area contributed by atoms with Crippen LogP contribution < -0.4 is 5.32 Å². The first kappa shape index (κ1) is 17.5. The highest BCUT2D eigenvalue weighted by molar-refractivity contribution is 5.89. The third-order valence-electron chi connectivity index (χ3n) is 3.93. The van der Waals surface area contributed by atoms with E-state index in [1.807, 2.05) is 32.9 Å². The van der Waals surface area contributed by atoms with Gasteiger partial charge in [0.2, 0.25) is 0 Å². The smallest absolute Gasteiger partial charge is 0.410 e. The third-order valence-corrected chi connectivity index (χ3v) is 3.93. The van der Waals surface area contributed by atoms with Gasteiger partial charge in [-0.15, -0.1) is 0 Å². The lowest BCUT2D eigenvalue weighted by atomic mass is 9.89. The fourth-order valence-corrected chi connectivity index (χ4v) is 2.89. The summed E-state index contributed by atoms with van der Waals surface area (Å²) in [7, 11) is 1.38. The van der Waals surface area contributed by atoms with Gasteiger partial charge >= 0.3 is 12.1 Å². The predicted octanol–water partition coefficient (Wildman–Crippen LogP) is 1.87. The molecule has 2 atom stereocenters. The van der Waals surface area contributed by atoms with Crippen LogP contribution in [0.2, 0.25) is 0 Å². The van der Waals surface area contributed by atoms with E-state index >= 15 is 0 Å². The number of rotatable bonds is 2. The maximum Gasteiger partial charge on any atom is 0.410 e. The van der Waals surface area contributed by atoms with E-state index in [4.69, 9.17) is 9.47 Å². The number of carbonyl (C=O) groups is 2. The molecule has 0 aromatic heterocycles. The van der Waals surface area contributed by atoms with Gasteiger partial charge in [0, 0.05) is 37.2 Å². The fraction of sp³-hybridized carbons (Fsp3) is 0.647. The summed E-state index contributed by atoms with van der Waals surface area (Å²) in [5.41, 5.74) is 0.0862. The van der Waals surface area contributed by atoms with Crippen molar-refractivity contribution in [3.8, 4) is 0 Å². The molecule has 0 spiro atoms. The first-order valence-electron chi connectivity index (χ1n) is 7.96. The summed E-state index contributed by atoms with van der Waals surface area (Å²) in [6.07, 6.45) is 6.42. The average molecular weight is 322 g/mol. The number of esters is 1. The van der Waals surface area contributed by atoms with Gasteiger partial charge in [0.25, 0.3) is 0 Å². The van der Waals surface area contributed by atoms with E-state index < -0.39 is 5.60 Å². The summed E-state index contributed by atoms with van der Waals surface area (Å²) in [6.45, 7) is 7.32. The molecule has 0 aromatic rings. The molecule has 128 valence electrons. The minimum absolute atomic E-state index is 0.0256. The van der Waals surface area contributed by atoms with Crippen LogP contribution in [0, 0.1) is 5.92 Å². The van der Waals surface area contributed by atoms with Gasteiger partial charge < -0.3 is 19.7 Å². The predicted molar refractivity (Wildman–Crippen MR) is 86.9 cm³/mol. The van der Waals surface area contributed by atoms with Gasteiger partial charge in [-0.1, -0.05) is 18.2 Å². The van der Waals surface area contributed by atoms with E-state index in [9.17, 15) is 9.59 Å². The molecule has 0 aliphatic carbocycles. The quantitative estimate of drug-likeness (QED) is 0.621. The van der Waals surface area contributed by atoms with Gasteiger partial charge in [-0.3, -0.25) is 0 Å². The molecule has 2 aliphatic rings. The van der Waals surface area contributed by atoms with E-state index in [0.717, 1.165) is 13.0 Å². The molecular weight excluding hydrogens is 296 g/mol. The monoisotopic (exact) mass is 322 g/mol. The molecular formula is C17H26N2O4. The number of amides is 1. The molecule has 23 heavy (non-hydrogen) atoms. The van der Waals surface area contributed by atoms with Crippen LogP contribution in [0.25, 0.3) is 0 Å². The van der Waals surface area contributed by atoms with Crippen LogP contribution >= 0.6 is 0 Å². The Kier molecular flexibility index (Phi) is 5.46. The van der Waals surface area contributed by atoms with Gasteiger partial charge in [-0.05, 0) is 27.2 Å². The van der Waals surface area contributed by atoms with E-state index in [1.54, 1.807) is 4.90 Å². The van der Waals surface area contributed by atoms with Crippen molar-refractivity contribution in [2.75, 3.05) is 26.7 Å². The normalized spacial score (nSPS) is 24.9. The Morgan fingerprint density at radius 1 is 1.30 bits per heavy atom. The van der Waals surface area contributed by atoms with Crippen LogP contribution in [0.3, 0.4) is 0 Å². The van der Waals surface area contributed by atoms with E-state index in [2.05, 4.69) is 11.4 Å². The zero-order chi connectivity index (χ0) is 17.0. The molecule has 0 aromatic carbocycles. The molecule has 2 aliphatic heterocycles. The van der Waals surface area contributed by atoms with Gasteiger partial charge in [0.1, 0.15) is 5.60 Å². The standard InChI is InChI=1S/C17H26N2O4/c1-17(2,3)23-16(21)19-8-6-5-7-14(19)12-9-13(11-18-10-12)15(20)22-4/h5-6,9,12,14,18H,7-8,10-11H2,1-4H3/t12-,14+/m0/s1. The Bertz CT molecular complexity index is 519. The van der Waals surface area contributed by atoms with Crippen LogP contribution in [0.4, 0.5) is 4.79 Å². The van der Waals surface area contributed by atoms with Crippen LogP contribution in [0.1, 0.15) is 27.2 Å². The van der Waals surface area contributed by atoms with Gasteiger partial charge in [0.05, 0.1) is 7.11 Å². The SMILES string of the molecule is COC(=O)C1=C[C@H]([C@H]2CC=CCN2C(=O)OC(C)(C)C)CNC1. The topological polar surface area (TPSA) is 67.9 Å². The number of hydrogen-bond acceptors (Lipinski definition) is 5. The molecule has 6 nitrogen and oxygen atoms in total. The summed E-state index contributed by atoms with van der Waals surface area (Å²) in [6, 6.07) is -0.0256. The lowest BCUT2D eigenvalue weighted by molar-refractivity contribution is -0.136. The Balaban J connectivity index is 2.16. The van der Waals surface area contributed by atoms with Crippen LogP contribution in [-0.4, -0.2) is 55.3 Å². The second-order valence-corrected chi connectivity index (χ2v) is 6.89. The van der Waals surface area contributed by atoms with E-state index in [-0.39, 0.29) is 24.0 Å². The highest BCUT2D eigenvalue weighted by Crippen LogP contribution is 2.25. The highest BCUT2D eigenvalue weighted by Gasteiger charge is 2.34. The molecule has 6 heteroatoms. The first-order chi connectivity index (χ1) is 10.8. The first-order valence-corrected chi connectivity index (χ1v) is 7.96. The minimum atomic E-state index is -0.527. The molecule has 0 saturated carbocycles. The second-order valence-electron chi connectivity index (χ2n) is 6.89. The van der Waals surface area contributed by atoms with Crippen molar-refractivity contribution in [2.45, 2.75) is 38.8 Å². The van der Waals surface area contributed by atoms with Crippen LogP contribution in [0.15, 0.2) is 23.8 Å². The number of ether oxygens (including phenoxy) is 2. The Hall–Kier alpha value is -1.82. The van der Waals surface area contributed by atoms with Crippen molar-refractivity contribution in [3.05, 3.63) is 23.8 Å². The Morgan fingerprint density at radius 2 is 2.04 bits per heavy atom. The van der Waals surface area contributed by atoms with E-state index in [0.29, 0.717) is 18.7 Å². The van der Waals surface area contributed by atoms with Crippen LogP contribution in [0.5, 0.6) is 0 Å². The Morgan fingerprint density at radius 3 is 2.70 bits per heavy atom. The maximum atomic E-state index is 12.5. The summed E-state index contributed by atoms with van der Waals surface area (Å²) < 4.78 is 10.3. The summed E-state index contributed by atoms with van der Waals surface area (Å²) in [5.74, 6) is -0.271. The molecule has 1 N–H and O–H groups in total. The van der Waals surface area contributed by atoms with Gasteiger partial charge in [0.15, 0.2) is 0 Å². The number of nitrogens with zero attached hydrogens (tertiary/aromatic N) is 1. The number of methoxy groups -OCH3 is 1. The summed E-state index contributed by atoms with van der Waals surface area (Å²) in [5, 5.41) is 3.23. The van der Waals surface area contributed by atoms with Crippen molar-refractivity contribution in [3.63, 3.8) is 0 Å². The minimum Gasteiger partial charge on any atom is -0.466 e. The molecule has 0 unspecified atom stereocenters. The van der Waals surface area contributed by atoms with Crippen molar-refractivity contribution in [2.24, 2.45) is 5.92 Å². The lowest BCUT2D eigenvalue weighted by Crippen LogP contribution is -2.51.